The fourth-order valence-electron chi connectivity index (χ4n) is 4.40. The molecule has 0 bridgehead atoms. The molecule has 2 saturated carbocycles. The van der Waals surface area contributed by atoms with Crippen LogP contribution >= 0.6 is 0 Å². The largest absolute Gasteiger partial charge is 0.329 e. The van der Waals surface area contributed by atoms with Crippen molar-refractivity contribution in [1.82, 2.24) is 4.90 Å². The highest BCUT2D eigenvalue weighted by molar-refractivity contribution is 5.03. The van der Waals surface area contributed by atoms with Gasteiger partial charge in [-0.2, -0.15) is 0 Å². The molecular formula is C16H32N2. The Kier molecular flexibility index (Phi) is 4.08. The van der Waals surface area contributed by atoms with Gasteiger partial charge < -0.3 is 5.73 Å². The van der Waals surface area contributed by atoms with E-state index in [2.05, 4.69) is 32.7 Å². The van der Waals surface area contributed by atoms with Gasteiger partial charge in [-0.25, -0.2) is 0 Å². The fourth-order valence-corrected chi connectivity index (χ4v) is 4.40. The first-order valence-corrected chi connectivity index (χ1v) is 7.82. The standard InChI is InChI=1S/C16H32N2/c1-13-6-5-7-14(10-13)18(4)16(12-17)9-8-15(2,3)11-16/h13-14H,5-12,17H2,1-4H3. The summed E-state index contributed by atoms with van der Waals surface area (Å²) in [6.07, 6.45) is 9.47. The normalized spacial score (nSPS) is 40.3. The van der Waals surface area contributed by atoms with Gasteiger partial charge in [-0.15, -0.1) is 0 Å². The molecule has 0 heterocycles. The molecule has 3 atom stereocenters. The molecule has 2 rings (SSSR count). The second kappa shape index (κ2) is 5.13. The molecule has 0 spiro atoms. The summed E-state index contributed by atoms with van der Waals surface area (Å²) in [7, 11) is 2.34. The zero-order valence-electron chi connectivity index (χ0n) is 12.8. The average Bonchev–Trinajstić information content (AvgIpc) is 2.65. The topological polar surface area (TPSA) is 29.3 Å². The van der Waals surface area contributed by atoms with Crippen molar-refractivity contribution < 1.29 is 0 Å². The van der Waals surface area contributed by atoms with E-state index in [4.69, 9.17) is 5.73 Å². The van der Waals surface area contributed by atoms with Crippen LogP contribution in [0.3, 0.4) is 0 Å². The Hall–Kier alpha value is -0.0800. The summed E-state index contributed by atoms with van der Waals surface area (Å²) in [4.78, 5) is 2.68. The van der Waals surface area contributed by atoms with Gasteiger partial charge in [0.05, 0.1) is 0 Å². The Balaban J connectivity index is 2.08. The van der Waals surface area contributed by atoms with E-state index in [1.54, 1.807) is 0 Å². The number of hydrogen-bond donors (Lipinski definition) is 1. The van der Waals surface area contributed by atoms with Gasteiger partial charge >= 0.3 is 0 Å². The lowest BCUT2D eigenvalue weighted by atomic mass is 9.82. The third-order valence-corrected chi connectivity index (χ3v) is 5.66. The van der Waals surface area contributed by atoms with Crippen LogP contribution in [-0.4, -0.2) is 30.1 Å². The van der Waals surface area contributed by atoms with Gasteiger partial charge in [0.25, 0.3) is 0 Å². The van der Waals surface area contributed by atoms with Crippen LogP contribution < -0.4 is 5.73 Å². The van der Waals surface area contributed by atoms with Crippen LogP contribution in [0.15, 0.2) is 0 Å². The first-order valence-electron chi connectivity index (χ1n) is 7.82. The number of likely N-dealkylation sites (N-methyl/N-ethyl adjacent to an activating group) is 1. The summed E-state index contributed by atoms with van der Waals surface area (Å²) in [5, 5.41) is 0. The minimum atomic E-state index is 0.283. The smallest absolute Gasteiger partial charge is 0.0336 e. The molecule has 0 aromatic rings. The first-order chi connectivity index (χ1) is 8.38. The van der Waals surface area contributed by atoms with Crippen LogP contribution in [0.2, 0.25) is 0 Å². The van der Waals surface area contributed by atoms with Crippen molar-refractivity contribution in [3.63, 3.8) is 0 Å². The molecule has 0 aromatic heterocycles. The van der Waals surface area contributed by atoms with E-state index in [1.165, 1.54) is 44.9 Å². The van der Waals surface area contributed by atoms with Gasteiger partial charge in [0.1, 0.15) is 0 Å². The molecule has 0 aromatic carbocycles. The summed E-state index contributed by atoms with van der Waals surface area (Å²) in [6, 6.07) is 0.770. The van der Waals surface area contributed by atoms with Gasteiger partial charge in [0.15, 0.2) is 0 Å². The molecule has 2 fully saturated rings. The van der Waals surface area contributed by atoms with E-state index in [1.807, 2.05) is 0 Å². The number of hydrogen-bond acceptors (Lipinski definition) is 2. The van der Waals surface area contributed by atoms with Crippen molar-refractivity contribution in [2.75, 3.05) is 13.6 Å². The van der Waals surface area contributed by atoms with E-state index < -0.39 is 0 Å². The van der Waals surface area contributed by atoms with Gasteiger partial charge in [-0.05, 0) is 50.5 Å². The molecule has 18 heavy (non-hydrogen) atoms. The number of nitrogens with zero attached hydrogens (tertiary/aromatic N) is 1. The predicted octanol–water partition coefficient (Wildman–Crippen LogP) is 3.40. The quantitative estimate of drug-likeness (QED) is 0.834. The second-order valence-electron chi connectivity index (χ2n) is 7.81. The summed E-state index contributed by atoms with van der Waals surface area (Å²) in [5.41, 5.74) is 6.95. The summed E-state index contributed by atoms with van der Waals surface area (Å²) >= 11 is 0. The molecule has 2 N–H and O–H groups in total. The molecule has 2 nitrogen and oxygen atoms in total. The van der Waals surface area contributed by atoms with E-state index in [0.29, 0.717) is 5.41 Å². The lowest BCUT2D eigenvalue weighted by Crippen LogP contribution is -2.55. The van der Waals surface area contributed by atoms with Crippen LogP contribution in [-0.2, 0) is 0 Å². The highest BCUT2D eigenvalue weighted by atomic mass is 15.2. The van der Waals surface area contributed by atoms with Gasteiger partial charge in [-0.3, -0.25) is 4.90 Å². The van der Waals surface area contributed by atoms with Gasteiger partial charge in [-0.1, -0.05) is 33.6 Å². The molecule has 2 heteroatoms. The molecule has 2 aliphatic carbocycles. The van der Waals surface area contributed by atoms with Crippen molar-refractivity contribution in [2.45, 2.75) is 77.3 Å². The van der Waals surface area contributed by atoms with Crippen molar-refractivity contribution in [1.29, 1.82) is 0 Å². The lowest BCUT2D eigenvalue weighted by Gasteiger charge is -2.46. The third kappa shape index (κ3) is 2.75. The Morgan fingerprint density at radius 3 is 2.44 bits per heavy atom. The summed E-state index contributed by atoms with van der Waals surface area (Å²) in [6.45, 7) is 8.05. The zero-order valence-corrected chi connectivity index (χ0v) is 12.8. The lowest BCUT2D eigenvalue weighted by molar-refractivity contribution is 0.0442. The zero-order chi connectivity index (χ0) is 13.4. The molecule has 2 aliphatic rings. The van der Waals surface area contributed by atoms with Crippen LogP contribution in [0, 0.1) is 11.3 Å². The Labute approximate surface area is 113 Å². The minimum absolute atomic E-state index is 0.283. The molecule has 0 radical (unpaired) electrons. The maximum Gasteiger partial charge on any atom is 0.0336 e. The SMILES string of the molecule is CC1CCCC(N(C)C2(CN)CCC(C)(C)C2)C1. The average molecular weight is 252 g/mol. The van der Waals surface area contributed by atoms with Crippen LogP contribution in [0.4, 0.5) is 0 Å². The maximum atomic E-state index is 6.19. The predicted molar refractivity (Wildman–Crippen MR) is 78.6 cm³/mol. The molecule has 0 amide bonds. The van der Waals surface area contributed by atoms with Crippen LogP contribution in [0.5, 0.6) is 0 Å². The Morgan fingerprint density at radius 1 is 1.22 bits per heavy atom. The summed E-state index contributed by atoms with van der Waals surface area (Å²) in [5.74, 6) is 0.899. The van der Waals surface area contributed by atoms with Gasteiger partial charge in [0.2, 0.25) is 0 Å². The summed E-state index contributed by atoms with van der Waals surface area (Å²) < 4.78 is 0. The molecule has 3 unspecified atom stereocenters. The van der Waals surface area contributed by atoms with Crippen molar-refractivity contribution in [3.05, 3.63) is 0 Å². The second-order valence-corrected chi connectivity index (χ2v) is 7.81. The molecule has 0 aliphatic heterocycles. The van der Waals surface area contributed by atoms with Crippen LogP contribution in [0.25, 0.3) is 0 Å². The molecule has 0 saturated heterocycles. The van der Waals surface area contributed by atoms with E-state index >= 15 is 0 Å². The molecule has 106 valence electrons. The fraction of sp³-hybridized carbons (Fsp3) is 1.00. The van der Waals surface area contributed by atoms with E-state index in [9.17, 15) is 0 Å². The minimum Gasteiger partial charge on any atom is -0.329 e. The third-order valence-electron chi connectivity index (χ3n) is 5.66. The van der Waals surface area contributed by atoms with E-state index in [0.717, 1.165) is 18.5 Å². The first kappa shape index (κ1) is 14.3. The van der Waals surface area contributed by atoms with Crippen molar-refractivity contribution in [2.24, 2.45) is 17.1 Å². The molecular weight excluding hydrogens is 220 g/mol. The Bertz CT molecular complexity index is 287. The number of rotatable bonds is 3. The van der Waals surface area contributed by atoms with Crippen LogP contribution in [0.1, 0.15) is 65.7 Å². The monoisotopic (exact) mass is 252 g/mol. The van der Waals surface area contributed by atoms with Crippen molar-refractivity contribution >= 4 is 0 Å². The Morgan fingerprint density at radius 2 is 1.94 bits per heavy atom. The number of nitrogens with two attached hydrogens (primary N) is 1. The highest BCUT2D eigenvalue weighted by Crippen LogP contribution is 2.47. The van der Waals surface area contributed by atoms with Crippen molar-refractivity contribution in [3.8, 4) is 0 Å². The maximum absolute atomic E-state index is 6.19. The highest BCUT2D eigenvalue weighted by Gasteiger charge is 2.46. The van der Waals surface area contributed by atoms with E-state index in [-0.39, 0.29) is 5.54 Å². The van der Waals surface area contributed by atoms with Gasteiger partial charge in [0, 0.05) is 18.1 Å².